The van der Waals surface area contributed by atoms with E-state index in [9.17, 15) is 0 Å². The quantitative estimate of drug-likeness (QED) is 0.847. The first-order valence-electron chi connectivity index (χ1n) is 7.93. The molecule has 0 amide bonds. The molecule has 6 nitrogen and oxygen atoms in total. The van der Waals surface area contributed by atoms with Crippen molar-refractivity contribution in [3.63, 3.8) is 0 Å². The fourth-order valence-electron chi connectivity index (χ4n) is 2.75. The van der Waals surface area contributed by atoms with Gasteiger partial charge in [0.15, 0.2) is 5.82 Å². The SMILES string of the molecule is CCOCc1nc(N)cc(N2CCN(CC3CC3)CC2)n1. The van der Waals surface area contributed by atoms with Crippen molar-refractivity contribution in [1.29, 1.82) is 0 Å². The number of aromatic nitrogens is 2. The zero-order valence-corrected chi connectivity index (χ0v) is 12.8. The summed E-state index contributed by atoms with van der Waals surface area (Å²) in [5.41, 5.74) is 5.90. The van der Waals surface area contributed by atoms with Crippen LogP contribution in [0.2, 0.25) is 0 Å². The summed E-state index contributed by atoms with van der Waals surface area (Å²) in [6.45, 7) is 8.57. The molecule has 116 valence electrons. The number of anilines is 2. The van der Waals surface area contributed by atoms with Crippen LogP contribution >= 0.6 is 0 Å². The van der Waals surface area contributed by atoms with Crippen molar-refractivity contribution >= 4 is 11.6 Å². The van der Waals surface area contributed by atoms with E-state index < -0.39 is 0 Å². The fourth-order valence-corrected chi connectivity index (χ4v) is 2.75. The summed E-state index contributed by atoms with van der Waals surface area (Å²) >= 11 is 0. The lowest BCUT2D eigenvalue weighted by molar-refractivity contribution is 0.128. The Morgan fingerprint density at radius 2 is 2.00 bits per heavy atom. The van der Waals surface area contributed by atoms with Crippen LogP contribution in [-0.2, 0) is 11.3 Å². The molecule has 0 aromatic carbocycles. The molecule has 0 radical (unpaired) electrons. The van der Waals surface area contributed by atoms with Gasteiger partial charge in [0, 0.05) is 45.4 Å². The molecule has 0 spiro atoms. The van der Waals surface area contributed by atoms with Gasteiger partial charge < -0.3 is 15.4 Å². The normalized spacial score (nSPS) is 20.0. The Balaban J connectivity index is 1.59. The van der Waals surface area contributed by atoms with Gasteiger partial charge in [0.25, 0.3) is 0 Å². The first-order valence-corrected chi connectivity index (χ1v) is 7.93. The predicted octanol–water partition coefficient (Wildman–Crippen LogP) is 1.13. The third-order valence-corrected chi connectivity index (χ3v) is 4.12. The molecule has 1 aromatic rings. The van der Waals surface area contributed by atoms with Gasteiger partial charge in [0.1, 0.15) is 18.2 Å². The van der Waals surface area contributed by atoms with Crippen molar-refractivity contribution in [3.05, 3.63) is 11.9 Å². The zero-order chi connectivity index (χ0) is 14.7. The maximum absolute atomic E-state index is 5.90. The second-order valence-corrected chi connectivity index (χ2v) is 5.94. The van der Waals surface area contributed by atoms with Gasteiger partial charge in [-0.05, 0) is 25.7 Å². The summed E-state index contributed by atoms with van der Waals surface area (Å²) in [5, 5.41) is 0. The Hall–Kier alpha value is -1.40. The van der Waals surface area contributed by atoms with Gasteiger partial charge in [0.2, 0.25) is 0 Å². The van der Waals surface area contributed by atoms with E-state index in [1.807, 2.05) is 13.0 Å². The molecule has 6 heteroatoms. The lowest BCUT2D eigenvalue weighted by atomic mass is 10.2. The van der Waals surface area contributed by atoms with Crippen molar-refractivity contribution < 1.29 is 4.74 Å². The van der Waals surface area contributed by atoms with Crippen molar-refractivity contribution in [2.75, 3.05) is 50.0 Å². The van der Waals surface area contributed by atoms with Gasteiger partial charge in [-0.1, -0.05) is 0 Å². The number of ether oxygens (including phenoxy) is 1. The maximum Gasteiger partial charge on any atom is 0.158 e. The van der Waals surface area contributed by atoms with Gasteiger partial charge >= 0.3 is 0 Å². The number of piperazine rings is 1. The van der Waals surface area contributed by atoms with Crippen LogP contribution in [0.4, 0.5) is 11.6 Å². The summed E-state index contributed by atoms with van der Waals surface area (Å²) in [6, 6.07) is 1.87. The highest BCUT2D eigenvalue weighted by Crippen LogP contribution is 2.30. The minimum atomic E-state index is 0.427. The average Bonchev–Trinajstić information content (AvgIpc) is 3.29. The van der Waals surface area contributed by atoms with E-state index in [4.69, 9.17) is 10.5 Å². The molecule has 3 rings (SSSR count). The third kappa shape index (κ3) is 4.04. The van der Waals surface area contributed by atoms with Gasteiger partial charge in [-0.2, -0.15) is 0 Å². The molecule has 0 atom stereocenters. The largest absolute Gasteiger partial charge is 0.384 e. The minimum absolute atomic E-state index is 0.427. The second-order valence-electron chi connectivity index (χ2n) is 5.94. The lowest BCUT2D eigenvalue weighted by Gasteiger charge is -2.35. The highest BCUT2D eigenvalue weighted by molar-refractivity contribution is 5.47. The van der Waals surface area contributed by atoms with Gasteiger partial charge in [0.05, 0.1) is 0 Å². The molecule has 2 N–H and O–H groups in total. The van der Waals surface area contributed by atoms with Gasteiger partial charge in [-0.25, -0.2) is 9.97 Å². The highest BCUT2D eigenvalue weighted by Gasteiger charge is 2.26. The molecule has 0 unspecified atom stereocenters. The van der Waals surface area contributed by atoms with Gasteiger partial charge in [-0.3, -0.25) is 4.90 Å². The van der Waals surface area contributed by atoms with E-state index in [0.29, 0.717) is 24.9 Å². The Kier molecular flexibility index (Phi) is 4.55. The molecule has 2 heterocycles. The van der Waals surface area contributed by atoms with Crippen LogP contribution in [0, 0.1) is 5.92 Å². The molecule has 0 bridgehead atoms. The number of nitrogen functional groups attached to an aromatic ring is 1. The van der Waals surface area contributed by atoms with E-state index in [1.165, 1.54) is 19.4 Å². The number of hydrogen-bond acceptors (Lipinski definition) is 6. The maximum atomic E-state index is 5.90. The number of nitrogens with two attached hydrogens (primary N) is 1. The first-order chi connectivity index (χ1) is 10.2. The monoisotopic (exact) mass is 291 g/mol. The first kappa shape index (κ1) is 14.5. The van der Waals surface area contributed by atoms with Crippen LogP contribution in [-0.4, -0.2) is 54.2 Å². The Morgan fingerprint density at radius 1 is 1.24 bits per heavy atom. The van der Waals surface area contributed by atoms with Crippen LogP contribution in [0.1, 0.15) is 25.6 Å². The molecule has 1 saturated heterocycles. The van der Waals surface area contributed by atoms with Crippen LogP contribution < -0.4 is 10.6 Å². The molecule has 2 fully saturated rings. The molecular formula is C15H25N5O. The van der Waals surface area contributed by atoms with Crippen molar-refractivity contribution in [1.82, 2.24) is 14.9 Å². The standard InChI is InChI=1S/C15H25N5O/c1-2-21-11-14-17-13(16)9-15(18-14)20-7-5-19(6-8-20)10-12-3-4-12/h9,12H,2-8,10-11H2,1H3,(H2,16,17,18). The molecular weight excluding hydrogens is 266 g/mol. The number of nitrogens with zero attached hydrogens (tertiary/aromatic N) is 4. The van der Waals surface area contributed by atoms with Crippen LogP contribution in [0.15, 0.2) is 6.07 Å². The Bertz CT molecular complexity index is 469. The van der Waals surface area contributed by atoms with E-state index in [0.717, 1.165) is 37.9 Å². The summed E-state index contributed by atoms with van der Waals surface area (Å²) < 4.78 is 5.38. The summed E-state index contributed by atoms with van der Waals surface area (Å²) in [4.78, 5) is 13.7. The topological polar surface area (TPSA) is 67.5 Å². The highest BCUT2D eigenvalue weighted by atomic mass is 16.5. The zero-order valence-electron chi connectivity index (χ0n) is 12.8. The second kappa shape index (κ2) is 6.58. The smallest absolute Gasteiger partial charge is 0.158 e. The molecule has 1 aromatic heterocycles. The Morgan fingerprint density at radius 3 is 2.67 bits per heavy atom. The number of hydrogen-bond donors (Lipinski definition) is 1. The lowest BCUT2D eigenvalue weighted by Crippen LogP contribution is -2.47. The van der Waals surface area contributed by atoms with Crippen LogP contribution in [0.25, 0.3) is 0 Å². The molecule has 21 heavy (non-hydrogen) atoms. The summed E-state index contributed by atoms with van der Waals surface area (Å²) in [6.07, 6.45) is 2.84. The summed E-state index contributed by atoms with van der Waals surface area (Å²) in [7, 11) is 0. The molecule has 1 saturated carbocycles. The van der Waals surface area contributed by atoms with E-state index >= 15 is 0 Å². The molecule has 1 aliphatic heterocycles. The number of rotatable bonds is 6. The van der Waals surface area contributed by atoms with Gasteiger partial charge in [-0.15, -0.1) is 0 Å². The predicted molar refractivity (Wildman–Crippen MR) is 83.2 cm³/mol. The molecule has 1 aliphatic carbocycles. The van der Waals surface area contributed by atoms with Crippen molar-refractivity contribution in [3.8, 4) is 0 Å². The average molecular weight is 291 g/mol. The van der Waals surface area contributed by atoms with E-state index in [1.54, 1.807) is 0 Å². The molecule has 2 aliphatic rings. The Labute approximate surface area is 126 Å². The van der Waals surface area contributed by atoms with E-state index in [2.05, 4.69) is 19.8 Å². The van der Waals surface area contributed by atoms with Crippen molar-refractivity contribution in [2.45, 2.75) is 26.4 Å². The third-order valence-electron chi connectivity index (χ3n) is 4.12. The van der Waals surface area contributed by atoms with Crippen LogP contribution in [0.5, 0.6) is 0 Å². The van der Waals surface area contributed by atoms with Crippen LogP contribution in [0.3, 0.4) is 0 Å². The van der Waals surface area contributed by atoms with E-state index in [-0.39, 0.29) is 0 Å². The summed E-state index contributed by atoms with van der Waals surface area (Å²) in [5.74, 6) is 3.09. The minimum Gasteiger partial charge on any atom is -0.384 e. The fraction of sp³-hybridized carbons (Fsp3) is 0.733. The van der Waals surface area contributed by atoms with Crippen molar-refractivity contribution in [2.24, 2.45) is 5.92 Å².